The molecule has 3 unspecified atom stereocenters. The summed E-state index contributed by atoms with van der Waals surface area (Å²) in [7, 11) is 0. The lowest BCUT2D eigenvalue weighted by atomic mass is 10.2. The van der Waals surface area contributed by atoms with Gasteiger partial charge in [-0.25, -0.2) is 0 Å². The van der Waals surface area contributed by atoms with Crippen molar-refractivity contribution in [1.29, 1.82) is 0 Å². The fourth-order valence-electron chi connectivity index (χ4n) is 1.71. The average molecular weight is 277 g/mol. The van der Waals surface area contributed by atoms with Gasteiger partial charge in [-0.2, -0.15) is 0 Å². The minimum absolute atomic E-state index is 0.0961. The molecule has 0 rings (SSSR count). The van der Waals surface area contributed by atoms with Gasteiger partial charge in [-0.05, 0) is 20.8 Å². The summed E-state index contributed by atoms with van der Waals surface area (Å²) in [6.07, 6.45) is 0. The Morgan fingerprint density at radius 3 is 1.53 bits per heavy atom. The van der Waals surface area contributed by atoms with Crippen molar-refractivity contribution < 1.29 is 15.3 Å². The summed E-state index contributed by atoms with van der Waals surface area (Å²) in [4.78, 5) is 2.19. The van der Waals surface area contributed by atoms with E-state index in [4.69, 9.17) is 10.2 Å². The first kappa shape index (κ1) is 18.8. The summed E-state index contributed by atoms with van der Waals surface area (Å²) in [6.45, 7) is 9.45. The second kappa shape index (κ2) is 11.6. The average Bonchev–Trinajstić information content (AvgIpc) is 2.44. The zero-order chi connectivity index (χ0) is 14.7. The van der Waals surface area contributed by atoms with Crippen LogP contribution >= 0.6 is 0 Å². The molecular formula is C13H31N3O3. The smallest absolute Gasteiger partial charge is 0.0584 e. The number of hydrogen-bond donors (Lipinski definition) is 5. The summed E-state index contributed by atoms with van der Waals surface area (Å²) in [5, 5.41) is 33.6. The fraction of sp³-hybridized carbons (Fsp3) is 1.00. The van der Waals surface area contributed by atoms with E-state index in [-0.39, 0.29) is 37.9 Å². The van der Waals surface area contributed by atoms with Crippen LogP contribution in [0.3, 0.4) is 0 Å². The van der Waals surface area contributed by atoms with Crippen molar-refractivity contribution in [3.8, 4) is 0 Å². The molecule has 0 aliphatic carbocycles. The molecule has 0 fully saturated rings. The Bertz CT molecular complexity index is 192. The lowest BCUT2D eigenvalue weighted by Crippen LogP contribution is -2.46. The predicted octanol–water partition coefficient (Wildman–Crippen LogP) is -1.39. The zero-order valence-electron chi connectivity index (χ0n) is 12.5. The molecule has 0 radical (unpaired) electrons. The first-order valence-electron chi connectivity index (χ1n) is 7.08. The topological polar surface area (TPSA) is 88.0 Å². The Balaban J connectivity index is 3.95. The fourth-order valence-corrected chi connectivity index (χ4v) is 1.71. The highest BCUT2D eigenvalue weighted by Crippen LogP contribution is 1.97. The number of nitrogens with one attached hydrogen (secondary N) is 2. The maximum atomic E-state index is 9.25. The minimum Gasteiger partial charge on any atom is -0.395 e. The third-order valence-electron chi connectivity index (χ3n) is 3.22. The molecule has 5 N–H and O–H groups in total. The van der Waals surface area contributed by atoms with Crippen molar-refractivity contribution in [2.45, 2.75) is 38.9 Å². The minimum atomic E-state index is 0.0961. The molecule has 6 nitrogen and oxygen atoms in total. The van der Waals surface area contributed by atoms with Crippen LogP contribution in [0.2, 0.25) is 0 Å². The van der Waals surface area contributed by atoms with Crippen molar-refractivity contribution >= 4 is 0 Å². The van der Waals surface area contributed by atoms with Crippen molar-refractivity contribution in [1.82, 2.24) is 15.5 Å². The molecule has 0 saturated heterocycles. The Morgan fingerprint density at radius 2 is 1.21 bits per heavy atom. The van der Waals surface area contributed by atoms with Gasteiger partial charge in [0.1, 0.15) is 0 Å². The van der Waals surface area contributed by atoms with E-state index in [1.165, 1.54) is 0 Å². The van der Waals surface area contributed by atoms with Crippen LogP contribution in [0.15, 0.2) is 0 Å². The van der Waals surface area contributed by atoms with E-state index in [0.717, 1.165) is 26.2 Å². The van der Waals surface area contributed by atoms with Gasteiger partial charge in [0.15, 0.2) is 0 Å². The van der Waals surface area contributed by atoms with Crippen molar-refractivity contribution in [2.24, 2.45) is 0 Å². The Hall–Kier alpha value is -0.240. The predicted molar refractivity (Wildman–Crippen MR) is 77.2 cm³/mol. The van der Waals surface area contributed by atoms with Gasteiger partial charge in [-0.15, -0.1) is 0 Å². The summed E-state index contributed by atoms with van der Waals surface area (Å²) in [6, 6.07) is 0.301. The van der Waals surface area contributed by atoms with E-state index in [0.29, 0.717) is 0 Å². The van der Waals surface area contributed by atoms with Crippen LogP contribution in [0.4, 0.5) is 0 Å². The van der Waals surface area contributed by atoms with Gasteiger partial charge in [0.25, 0.3) is 0 Å². The summed E-state index contributed by atoms with van der Waals surface area (Å²) in [5.41, 5.74) is 0. The van der Waals surface area contributed by atoms with Gasteiger partial charge in [-0.3, -0.25) is 4.90 Å². The molecule has 0 aliphatic heterocycles. The number of aliphatic hydroxyl groups is 3. The highest BCUT2D eigenvalue weighted by molar-refractivity contribution is 4.71. The van der Waals surface area contributed by atoms with Crippen molar-refractivity contribution in [2.75, 3.05) is 46.0 Å². The van der Waals surface area contributed by atoms with Crippen LogP contribution in [0.5, 0.6) is 0 Å². The van der Waals surface area contributed by atoms with E-state index in [9.17, 15) is 5.11 Å². The standard InChI is InChI=1S/C13H31N3O3/c1-11(8-17)14-4-6-16(13(3)10-19)7-5-15-12(2)9-18/h11-15,17-19H,4-10H2,1-3H3. The van der Waals surface area contributed by atoms with Crippen LogP contribution in [0.25, 0.3) is 0 Å². The van der Waals surface area contributed by atoms with E-state index < -0.39 is 0 Å². The molecule has 6 heteroatoms. The van der Waals surface area contributed by atoms with Gasteiger partial charge in [0.2, 0.25) is 0 Å². The molecule has 0 saturated carbocycles. The SMILES string of the molecule is CC(CO)NCCN(CCNC(C)CO)C(C)CO. The van der Waals surface area contributed by atoms with Crippen LogP contribution in [0, 0.1) is 0 Å². The molecule has 0 bridgehead atoms. The molecule has 3 atom stereocenters. The molecule has 0 amide bonds. The van der Waals surface area contributed by atoms with Gasteiger partial charge in [0, 0.05) is 44.3 Å². The van der Waals surface area contributed by atoms with Gasteiger partial charge >= 0.3 is 0 Å². The molecule has 0 spiro atoms. The van der Waals surface area contributed by atoms with Crippen LogP contribution in [-0.2, 0) is 0 Å². The molecule has 0 aliphatic rings. The van der Waals surface area contributed by atoms with Crippen molar-refractivity contribution in [3.63, 3.8) is 0 Å². The maximum absolute atomic E-state index is 9.25. The van der Waals surface area contributed by atoms with Crippen LogP contribution in [-0.4, -0.2) is 84.3 Å². The largest absolute Gasteiger partial charge is 0.395 e. The number of aliphatic hydroxyl groups excluding tert-OH is 3. The van der Waals surface area contributed by atoms with Gasteiger partial charge in [-0.1, -0.05) is 0 Å². The Kier molecular flexibility index (Phi) is 11.4. The Labute approximate surface area is 116 Å². The lowest BCUT2D eigenvalue weighted by Gasteiger charge is -2.29. The molecule has 0 aromatic carbocycles. The summed E-state index contributed by atoms with van der Waals surface area (Å²) >= 11 is 0. The molecule has 0 aromatic heterocycles. The summed E-state index contributed by atoms with van der Waals surface area (Å²) < 4.78 is 0. The first-order valence-corrected chi connectivity index (χ1v) is 7.08. The maximum Gasteiger partial charge on any atom is 0.0584 e. The van der Waals surface area contributed by atoms with E-state index in [2.05, 4.69) is 15.5 Å². The van der Waals surface area contributed by atoms with Crippen molar-refractivity contribution in [3.05, 3.63) is 0 Å². The molecule has 19 heavy (non-hydrogen) atoms. The Morgan fingerprint density at radius 1 is 0.789 bits per heavy atom. The molecule has 0 aromatic rings. The highest BCUT2D eigenvalue weighted by atomic mass is 16.3. The molecule has 116 valence electrons. The second-order valence-corrected chi connectivity index (χ2v) is 5.14. The molecule has 0 heterocycles. The summed E-state index contributed by atoms with van der Waals surface area (Å²) in [5.74, 6) is 0. The quantitative estimate of drug-likeness (QED) is 0.302. The van der Waals surface area contributed by atoms with Crippen LogP contribution in [0.1, 0.15) is 20.8 Å². The third kappa shape index (κ3) is 9.32. The molecular weight excluding hydrogens is 246 g/mol. The third-order valence-corrected chi connectivity index (χ3v) is 3.22. The van der Waals surface area contributed by atoms with E-state index in [1.54, 1.807) is 0 Å². The zero-order valence-corrected chi connectivity index (χ0v) is 12.5. The first-order chi connectivity index (χ1) is 9.04. The van der Waals surface area contributed by atoms with E-state index >= 15 is 0 Å². The second-order valence-electron chi connectivity index (χ2n) is 5.14. The number of hydrogen-bond acceptors (Lipinski definition) is 6. The van der Waals surface area contributed by atoms with E-state index in [1.807, 2.05) is 20.8 Å². The normalized spacial score (nSPS) is 16.6. The monoisotopic (exact) mass is 277 g/mol. The van der Waals surface area contributed by atoms with Crippen LogP contribution < -0.4 is 10.6 Å². The van der Waals surface area contributed by atoms with Gasteiger partial charge < -0.3 is 26.0 Å². The number of rotatable bonds is 12. The van der Waals surface area contributed by atoms with Gasteiger partial charge in [0.05, 0.1) is 19.8 Å². The lowest BCUT2D eigenvalue weighted by molar-refractivity contribution is 0.131. The number of nitrogens with zero attached hydrogens (tertiary/aromatic N) is 1. The highest BCUT2D eigenvalue weighted by Gasteiger charge is 2.13.